The standard InChI is InChI=1S/C40H36O12/c1-18(2)10-11-39-38(49)35-32(52-40(39,50)27-9-6-22(43)16-31(27)51-39)17-30(46)34(37(35)48)26-13-19(3)12-25(23-7-4-20(41)14-28(23)44)33(26)36(47)24-8-5-21(42)15-29(24)45/h4-10,13-17,25-26,33,41-46,48,50H,11-12H2,1-3H3/t25-,26-,33-,39-,40-/m1/s1. The number of carbonyl (C=O) groups is 2. The first-order valence-corrected chi connectivity index (χ1v) is 16.5. The van der Waals surface area contributed by atoms with Crippen molar-refractivity contribution in [1.29, 1.82) is 0 Å². The number of carbonyl (C=O) groups excluding carboxylic acids is 2. The van der Waals surface area contributed by atoms with Crippen molar-refractivity contribution in [2.75, 3.05) is 0 Å². The van der Waals surface area contributed by atoms with Crippen LogP contribution in [0.3, 0.4) is 0 Å². The number of aromatic hydroxyl groups is 7. The van der Waals surface area contributed by atoms with Gasteiger partial charge in [0.1, 0.15) is 57.3 Å². The first kappa shape index (κ1) is 34.3. The topological polar surface area (TPSA) is 214 Å². The second kappa shape index (κ2) is 12.0. The van der Waals surface area contributed by atoms with Crippen molar-refractivity contribution in [2.45, 2.75) is 56.8 Å². The summed E-state index contributed by atoms with van der Waals surface area (Å²) < 4.78 is 12.3. The minimum Gasteiger partial charge on any atom is -0.508 e. The minimum atomic E-state index is -2.45. The van der Waals surface area contributed by atoms with E-state index < -0.39 is 63.5 Å². The molecular formula is C40H36O12. The van der Waals surface area contributed by atoms with E-state index in [1.54, 1.807) is 32.9 Å². The fourth-order valence-electron chi connectivity index (χ4n) is 7.81. The Labute approximate surface area is 297 Å². The Morgan fingerprint density at radius 3 is 2.15 bits per heavy atom. The van der Waals surface area contributed by atoms with E-state index in [-0.39, 0.29) is 69.6 Å². The van der Waals surface area contributed by atoms with Gasteiger partial charge in [0.25, 0.3) is 5.79 Å². The number of allylic oxidation sites excluding steroid dienone is 3. The van der Waals surface area contributed by atoms with Gasteiger partial charge in [-0.3, -0.25) is 9.59 Å². The number of hydrogen-bond donors (Lipinski definition) is 8. The van der Waals surface area contributed by atoms with Gasteiger partial charge in [0.2, 0.25) is 11.4 Å². The van der Waals surface area contributed by atoms with Crippen LogP contribution in [0.15, 0.2) is 84.0 Å². The number of benzene rings is 4. The van der Waals surface area contributed by atoms with Gasteiger partial charge in [-0.2, -0.15) is 0 Å². The molecule has 3 aliphatic rings. The van der Waals surface area contributed by atoms with Crippen molar-refractivity contribution in [3.63, 3.8) is 0 Å². The molecule has 0 saturated carbocycles. The number of phenolic OH excluding ortho intramolecular Hbond substituents is 7. The number of fused-ring (bicyclic) bond motifs is 4. The Bertz CT molecular complexity index is 2250. The SMILES string of the molecule is CC(C)=CC[C@]12Oc3cc(O)ccc3[C@@]1(O)Oc1cc(O)c([C@@H]3C=C(C)C[C@H](c4ccc(O)cc4O)[C@H]3C(=O)c3ccc(O)cc3O)c(O)c1C2=O. The molecule has 2 aliphatic heterocycles. The lowest BCUT2D eigenvalue weighted by Gasteiger charge is -2.43. The van der Waals surface area contributed by atoms with E-state index in [0.717, 1.165) is 23.8 Å². The Morgan fingerprint density at radius 1 is 0.827 bits per heavy atom. The van der Waals surface area contributed by atoms with Crippen LogP contribution in [0, 0.1) is 5.92 Å². The van der Waals surface area contributed by atoms with E-state index in [9.17, 15) is 50.4 Å². The van der Waals surface area contributed by atoms with Gasteiger partial charge in [0.15, 0.2) is 5.78 Å². The zero-order chi connectivity index (χ0) is 37.4. The van der Waals surface area contributed by atoms with Gasteiger partial charge in [0.05, 0.1) is 11.1 Å². The predicted molar refractivity (Wildman–Crippen MR) is 185 cm³/mol. The second-order valence-electron chi connectivity index (χ2n) is 13.9. The third kappa shape index (κ3) is 5.09. The van der Waals surface area contributed by atoms with Crippen LogP contribution in [0.1, 0.15) is 82.9 Å². The van der Waals surface area contributed by atoms with Crippen LogP contribution < -0.4 is 9.47 Å². The molecule has 12 nitrogen and oxygen atoms in total. The molecule has 12 heteroatoms. The number of ketones is 2. The molecule has 4 aromatic rings. The summed E-state index contributed by atoms with van der Waals surface area (Å²) in [6.45, 7) is 5.31. The summed E-state index contributed by atoms with van der Waals surface area (Å²) in [6, 6.07) is 12.3. The van der Waals surface area contributed by atoms with E-state index in [2.05, 4.69) is 0 Å². The lowest BCUT2D eigenvalue weighted by molar-refractivity contribution is -0.221. The quantitative estimate of drug-likeness (QED) is 0.0824. The largest absolute Gasteiger partial charge is 0.508 e. The van der Waals surface area contributed by atoms with Gasteiger partial charge >= 0.3 is 0 Å². The third-order valence-electron chi connectivity index (χ3n) is 10.2. The Kier molecular flexibility index (Phi) is 7.91. The van der Waals surface area contributed by atoms with Crippen molar-refractivity contribution in [1.82, 2.24) is 0 Å². The first-order valence-electron chi connectivity index (χ1n) is 16.5. The molecule has 268 valence electrons. The molecular weight excluding hydrogens is 672 g/mol. The van der Waals surface area contributed by atoms with Crippen LogP contribution in [-0.4, -0.2) is 58.0 Å². The van der Waals surface area contributed by atoms with Gasteiger partial charge in [-0.05, 0) is 63.1 Å². The number of hydrogen-bond acceptors (Lipinski definition) is 12. The van der Waals surface area contributed by atoms with Crippen molar-refractivity contribution < 1.29 is 59.9 Å². The van der Waals surface area contributed by atoms with Gasteiger partial charge < -0.3 is 50.3 Å². The lowest BCUT2D eigenvalue weighted by atomic mass is 9.65. The molecule has 0 aromatic heterocycles. The Balaban J connectivity index is 1.44. The molecule has 0 unspecified atom stereocenters. The van der Waals surface area contributed by atoms with Gasteiger partial charge in [-0.1, -0.05) is 29.4 Å². The maximum absolute atomic E-state index is 14.8. The number of phenols is 7. The summed E-state index contributed by atoms with van der Waals surface area (Å²) in [5.74, 6) is -10.6. The summed E-state index contributed by atoms with van der Waals surface area (Å²) in [5.41, 5.74) is -1.30. The average Bonchev–Trinajstić information content (AvgIpc) is 3.30. The number of aliphatic hydroxyl groups is 1. The fraction of sp³-hybridized carbons (Fsp3) is 0.250. The molecule has 0 spiro atoms. The van der Waals surface area contributed by atoms with Crippen LogP contribution in [0.4, 0.5) is 0 Å². The lowest BCUT2D eigenvalue weighted by Crippen LogP contribution is -2.62. The normalized spacial score (nSPS) is 24.4. The van der Waals surface area contributed by atoms with Crippen LogP contribution in [0.5, 0.6) is 51.7 Å². The average molecular weight is 709 g/mol. The highest BCUT2D eigenvalue weighted by Crippen LogP contribution is 2.60. The molecule has 7 rings (SSSR count). The summed E-state index contributed by atoms with van der Waals surface area (Å²) in [5, 5.41) is 87.9. The Hall–Kier alpha value is -6.14. The predicted octanol–water partition coefficient (Wildman–Crippen LogP) is 6.25. The monoisotopic (exact) mass is 708 g/mol. The van der Waals surface area contributed by atoms with E-state index >= 15 is 0 Å². The van der Waals surface area contributed by atoms with Crippen LogP contribution >= 0.6 is 0 Å². The molecule has 0 radical (unpaired) electrons. The highest BCUT2D eigenvalue weighted by molar-refractivity contribution is 6.10. The third-order valence-corrected chi connectivity index (χ3v) is 10.2. The summed E-state index contributed by atoms with van der Waals surface area (Å²) in [6.07, 6.45) is 3.28. The zero-order valence-electron chi connectivity index (χ0n) is 28.3. The zero-order valence-corrected chi connectivity index (χ0v) is 28.3. The molecule has 0 saturated heterocycles. The summed E-state index contributed by atoms with van der Waals surface area (Å²) in [4.78, 5) is 29.4. The number of rotatable bonds is 6. The maximum atomic E-state index is 14.8. The van der Waals surface area contributed by atoms with E-state index in [4.69, 9.17) is 9.47 Å². The molecule has 0 bridgehead atoms. The Morgan fingerprint density at radius 2 is 1.48 bits per heavy atom. The molecule has 4 aromatic carbocycles. The highest BCUT2D eigenvalue weighted by atomic mass is 16.7. The van der Waals surface area contributed by atoms with Crippen molar-refractivity contribution in [3.8, 4) is 51.7 Å². The number of ether oxygens (including phenoxy) is 2. The van der Waals surface area contributed by atoms with Crippen molar-refractivity contribution >= 4 is 11.6 Å². The van der Waals surface area contributed by atoms with E-state index in [1.807, 2.05) is 0 Å². The van der Waals surface area contributed by atoms with Crippen LogP contribution in [0.2, 0.25) is 0 Å². The molecule has 8 N–H and O–H groups in total. The summed E-state index contributed by atoms with van der Waals surface area (Å²) in [7, 11) is 0. The molecule has 2 heterocycles. The molecule has 0 fully saturated rings. The van der Waals surface area contributed by atoms with E-state index in [1.165, 1.54) is 42.5 Å². The van der Waals surface area contributed by atoms with Gasteiger partial charge in [-0.25, -0.2) is 0 Å². The fourth-order valence-corrected chi connectivity index (χ4v) is 7.81. The van der Waals surface area contributed by atoms with Crippen LogP contribution in [0.25, 0.3) is 0 Å². The highest BCUT2D eigenvalue weighted by Gasteiger charge is 2.70. The molecule has 5 atom stereocenters. The maximum Gasteiger partial charge on any atom is 0.286 e. The molecule has 52 heavy (non-hydrogen) atoms. The summed E-state index contributed by atoms with van der Waals surface area (Å²) >= 11 is 0. The van der Waals surface area contributed by atoms with Crippen molar-refractivity contribution in [3.05, 3.63) is 112 Å². The first-order chi connectivity index (χ1) is 24.6. The van der Waals surface area contributed by atoms with Crippen molar-refractivity contribution in [2.24, 2.45) is 5.92 Å². The molecule has 0 amide bonds. The molecule has 1 aliphatic carbocycles. The van der Waals surface area contributed by atoms with Crippen LogP contribution in [-0.2, 0) is 5.79 Å². The number of Topliss-reactive ketones (excluding diaryl/α,β-unsaturated/α-hetero) is 2. The smallest absolute Gasteiger partial charge is 0.286 e. The van der Waals surface area contributed by atoms with Gasteiger partial charge in [0, 0.05) is 54.0 Å². The minimum absolute atomic E-state index is 0.0310. The van der Waals surface area contributed by atoms with Gasteiger partial charge in [-0.15, -0.1) is 0 Å². The second-order valence-corrected chi connectivity index (χ2v) is 13.9. The van der Waals surface area contributed by atoms with E-state index in [0.29, 0.717) is 5.57 Å².